The second-order valence-electron chi connectivity index (χ2n) is 7.64. The standard InChI is InChI=1S/C17H27N3/c1-6-9-20-11-12(2)18-15(20)19-14-16(3,4)13-7-8-17(14,5)10-13/h6,11,13-14H,1,7-10H2,2-5H3,(H,18,19). The zero-order valence-electron chi connectivity index (χ0n) is 13.2. The first kappa shape index (κ1) is 13.7. The Labute approximate surface area is 122 Å². The Balaban J connectivity index is 1.89. The molecular weight excluding hydrogens is 246 g/mol. The molecular formula is C17H27N3. The molecule has 3 nitrogen and oxygen atoms in total. The fourth-order valence-electron chi connectivity index (χ4n) is 4.73. The Bertz CT molecular complexity index is 524. The number of aryl methyl sites for hydroxylation is 1. The largest absolute Gasteiger partial charge is 0.352 e. The molecule has 20 heavy (non-hydrogen) atoms. The summed E-state index contributed by atoms with van der Waals surface area (Å²) in [5.41, 5.74) is 1.85. The molecule has 2 aliphatic rings. The van der Waals surface area contributed by atoms with Crippen molar-refractivity contribution >= 4 is 5.95 Å². The summed E-state index contributed by atoms with van der Waals surface area (Å²) in [6.07, 6.45) is 8.13. The molecule has 2 bridgehead atoms. The maximum absolute atomic E-state index is 4.68. The first-order chi connectivity index (χ1) is 9.37. The highest BCUT2D eigenvalue weighted by atomic mass is 15.2. The van der Waals surface area contributed by atoms with Crippen molar-refractivity contribution in [2.45, 2.75) is 59.5 Å². The van der Waals surface area contributed by atoms with Crippen LogP contribution in [0.5, 0.6) is 0 Å². The zero-order valence-corrected chi connectivity index (χ0v) is 13.2. The Hall–Kier alpha value is -1.25. The van der Waals surface area contributed by atoms with Gasteiger partial charge in [-0.25, -0.2) is 4.98 Å². The molecule has 2 saturated carbocycles. The van der Waals surface area contributed by atoms with Gasteiger partial charge in [0.05, 0.1) is 5.69 Å². The number of nitrogens with zero attached hydrogens (tertiary/aromatic N) is 2. The van der Waals surface area contributed by atoms with E-state index in [0.717, 1.165) is 24.1 Å². The average Bonchev–Trinajstić information content (AvgIpc) is 2.95. The highest BCUT2D eigenvalue weighted by Crippen LogP contribution is 2.63. The second-order valence-corrected chi connectivity index (χ2v) is 7.64. The number of aromatic nitrogens is 2. The van der Waals surface area contributed by atoms with Crippen LogP contribution >= 0.6 is 0 Å². The van der Waals surface area contributed by atoms with E-state index in [1.807, 2.05) is 6.08 Å². The molecule has 1 aromatic heterocycles. The summed E-state index contributed by atoms with van der Waals surface area (Å²) in [4.78, 5) is 4.68. The van der Waals surface area contributed by atoms with E-state index in [4.69, 9.17) is 0 Å². The van der Waals surface area contributed by atoms with E-state index >= 15 is 0 Å². The molecule has 0 aliphatic heterocycles. The normalized spacial score (nSPS) is 34.4. The summed E-state index contributed by atoms with van der Waals surface area (Å²) in [7, 11) is 0. The number of hydrogen-bond acceptors (Lipinski definition) is 2. The van der Waals surface area contributed by atoms with Crippen molar-refractivity contribution in [1.82, 2.24) is 9.55 Å². The van der Waals surface area contributed by atoms with E-state index in [9.17, 15) is 0 Å². The monoisotopic (exact) mass is 273 g/mol. The molecule has 2 aliphatic carbocycles. The van der Waals surface area contributed by atoms with Gasteiger partial charge in [-0.05, 0) is 42.9 Å². The Morgan fingerprint density at radius 1 is 1.50 bits per heavy atom. The lowest BCUT2D eigenvalue weighted by Gasteiger charge is -2.43. The predicted molar refractivity (Wildman–Crippen MR) is 83.8 cm³/mol. The van der Waals surface area contributed by atoms with Gasteiger partial charge in [0.15, 0.2) is 0 Å². The number of allylic oxidation sites excluding steroid dienone is 1. The molecule has 0 spiro atoms. The minimum Gasteiger partial charge on any atom is -0.352 e. The third-order valence-corrected chi connectivity index (χ3v) is 5.77. The Morgan fingerprint density at radius 2 is 2.25 bits per heavy atom. The first-order valence-electron chi connectivity index (χ1n) is 7.78. The summed E-state index contributed by atoms with van der Waals surface area (Å²) < 4.78 is 2.17. The van der Waals surface area contributed by atoms with Gasteiger partial charge in [0.2, 0.25) is 5.95 Å². The summed E-state index contributed by atoms with van der Waals surface area (Å²) in [5, 5.41) is 3.78. The Morgan fingerprint density at radius 3 is 2.85 bits per heavy atom. The van der Waals surface area contributed by atoms with Gasteiger partial charge in [-0.2, -0.15) is 0 Å². The molecule has 0 amide bonds. The molecule has 0 saturated heterocycles. The van der Waals surface area contributed by atoms with Gasteiger partial charge in [0.25, 0.3) is 0 Å². The van der Waals surface area contributed by atoms with Crippen molar-refractivity contribution < 1.29 is 0 Å². The lowest BCUT2D eigenvalue weighted by atomic mass is 9.68. The van der Waals surface area contributed by atoms with Gasteiger partial charge in [-0.1, -0.05) is 26.8 Å². The minimum absolute atomic E-state index is 0.353. The van der Waals surface area contributed by atoms with Crippen LogP contribution in [0.2, 0.25) is 0 Å². The fourth-order valence-corrected chi connectivity index (χ4v) is 4.73. The molecule has 1 aromatic rings. The van der Waals surface area contributed by atoms with Crippen LogP contribution in [0.15, 0.2) is 18.9 Å². The first-order valence-corrected chi connectivity index (χ1v) is 7.78. The van der Waals surface area contributed by atoms with Gasteiger partial charge < -0.3 is 9.88 Å². The highest BCUT2D eigenvalue weighted by Gasteiger charge is 2.59. The minimum atomic E-state index is 0.353. The summed E-state index contributed by atoms with van der Waals surface area (Å²) in [5.74, 6) is 1.86. The number of anilines is 1. The number of nitrogens with one attached hydrogen (secondary N) is 1. The zero-order chi connectivity index (χ0) is 14.5. The molecule has 1 N–H and O–H groups in total. The predicted octanol–water partition coefficient (Wildman–Crippen LogP) is 4.00. The molecule has 0 aromatic carbocycles. The maximum atomic E-state index is 4.68. The van der Waals surface area contributed by atoms with Crippen molar-refractivity contribution in [3.63, 3.8) is 0 Å². The van der Waals surface area contributed by atoms with E-state index in [1.165, 1.54) is 19.3 Å². The third kappa shape index (κ3) is 1.90. The summed E-state index contributed by atoms with van der Waals surface area (Å²) in [6, 6.07) is 0.513. The molecule has 3 heteroatoms. The highest BCUT2D eigenvalue weighted by molar-refractivity contribution is 5.35. The molecule has 3 unspecified atom stereocenters. The van der Waals surface area contributed by atoms with Crippen molar-refractivity contribution in [2.75, 3.05) is 5.32 Å². The SMILES string of the molecule is C=CCn1cc(C)nc1NC1C2(C)CCC(C2)C1(C)C. The lowest BCUT2D eigenvalue weighted by Crippen LogP contribution is -2.46. The molecule has 3 rings (SSSR count). The van der Waals surface area contributed by atoms with Crippen LogP contribution in [-0.2, 0) is 6.54 Å². The van der Waals surface area contributed by atoms with Gasteiger partial charge in [0.1, 0.15) is 0 Å². The smallest absolute Gasteiger partial charge is 0.203 e. The van der Waals surface area contributed by atoms with Crippen LogP contribution < -0.4 is 5.32 Å². The molecule has 2 fully saturated rings. The van der Waals surface area contributed by atoms with Gasteiger partial charge >= 0.3 is 0 Å². The lowest BCUT2D eigenvalue weighted by molar-refractivity contribution is 0.154. The van der Waals surface area contributed by atoms with E-state index < -0.39 is 0 Å². The average molecular weight is 273 g/mol. The van der Waals surface area contributed by atoms with Crippen molar-refractivity contribution in [3.8, 4) is 0 Å². The van der Waals surface area contributed by atoms with Crippen LogP contribution in [0.1, 0.15) is 45.7 Å². The second kappa shape index (κ2) is 4.37. The van der Waals surface area contributed by atoms with Gasteiger partial charge in [-0.15, -0.1) is 6.58 Å². The molecule has 3 atom stereocenters. The number of fused-ring (bicyclic) bond motifs is 2. The quantitative estimate of drug-likeness (QED) is 0.840. The molecule has 110 valence electrons. The van der Waals surface area contributed by atoms with Crippen molar-refractivity contribution in [1.29, 1.82) is 0 Å². The van der Waals surface area contributed by atoms with E-state index in [2.05, 4.69) is 55.3 Å². The van der Waals surface area contributed by atoms with Crippen LogP contribution in [0.3, 0.4) is 0 Å². The number of rotatable bonds is 4. The number of hydrogen-bond donors (Lipinski definition) is 1. The van der Waals surface area contributed by atoms with Crippen LogP contribution in [0.4, 0.5) is 5.95 Å². The molecule has 1 heterocycles. The van der Waals surface area contributed by atoms with Crippen molar-refractivity contribution in [2.24, 2.45) is 16.7 Å². The van der Waals surface area contributed by atoms with E-state index in [-0.39, 0.29) is 0 Å². The Kier molecular flexibility index (Phi) is 3.00. The molecule has 0 radical (unpaired) electrons. The maximum Gasteiger partial charge on any atom is 0.203 e. The third-order valence-electron chi connectivity index (χ3n) is 5.77. The summed E-state index contributed by atoms with van der Waals surface area (Å²) >= 11 is 0. The van der Waals surface area contributed by atoms with Crippen molar-refractivity contribution in [3.05, 3.63) is 24.5 Å². The van der Waals surface area contributed by atoms with Gasteiger partial charge in [-0.3, -0.25) is 0 Å². The van der Waals surface area contributed by atoms with Crippen LogP contribution in [0, 0.1) is 23.7 Å². The topological polar surface area (TPSA) is 29.9 Å². The van der Waals surface area contributed by atoms with E-state index in [0.29, 0.717) is 16.9 Å². The van der Waals surface area contributed by atoms with Crippen LogP contribution in [0.25, 0.3) is 0 Å². The van der Waals surface area contributed by atoms with Gasteiger partial charge in [0, 0.05) is 18.8 Å². The summed E-state index contributed by atoms with van der Waals surface area (Å²) in [6.45, 7) is 14.0. The van der Waals surface area contributed by atoms with E-state index in [1.54, 1.807) is 0 Å². The fraction of sp³-hybridized carbons (Fsp3) is 0.706. The number of imidazole rings is 1. The van der Waals surface area contributed by atoms with Crippen LogP contribution in [-0.4, -0.2) is 15.6 Å².